The molecule has 0 N–H and O–H groups in total. The van der Waals surface area contributed by atoms with Gasteiger partial charge in [0, 0.05) is 34.8 Å². The molecule has 29 heavy (non-hydrogen) atoms. The average Bonchev–Trinajstić information content (AvgIpc) is 2.71. The van der Waals surface area contributed by atoms with Crippen molar-refractivity contribution in [1.82, 2.24) is 9.55 Å². The van der Waals surface area contributed by atoms with Gasteiger partial charge >= 0.3 is 0 Å². The summed E-state index contributed by atoms with van der Waals surface area (Å²) in [5, 5.41) is 0. The molecule has 148 valence electrons. The fourth-order valence-corrected chi connectivity index (χ4v) is 3.19. The highest BCUT2D eigenvalue weighted by Crippen LogP contribution is 2.37. The number of hydrogen-bond donors (Lipinski definition) is 0. The maximum atomic E-state index is 12.3. The molecule has 0 aliphatic heterocycles. The number of aldehydes is 1. The van der Waals surface area contributed by atoms with Gasteiger partial charge in [-0.15, -0.1) is 0 Å². The molecule has 3 rings (SSSR count). The van der Waals surface area contributed by atoms with E-state index in [0.717, 1.165) is 34.4 Å². The van der Waals surface area contributed by atoms with E-state index in [1.807, 2.05) is 42.5 Å². The van der Waals surface area contributed by atoms with Crippen molar-refractivity contribution in [2.24, 2.45) is 0 Å². The lowest BCUT2D eigenvalue weighted by atomic mass is 9.84. The van der Waals surface area contributed by atoms with Gasteiger partial charge in [0.1, 0.15) is 5.75 Å². The Kier molecular flexibility index (Phi) is 5.78. The minimum Gasteiger partial charge on any atom is -0.496 e. The van der Waals surface area contributed by atoms with Gasteiger partial charge in [0.25, 0.3) is 5.56 Å². The molecule has 1 heterocycles. The van der Waals surface area contributed by atoms with Crippen LogP contribution >= 0.6 is 0 Å². The van der Waals surface area contributed by atoms with E-state index in [1.54, 1.807) is 30.1 Å². The first-order valence-corrected chi connectivity index (χ1v) is 9.33. The first-order valence-electron chi connectivity index (χ1n) is 9.33. The monoisotopic (exact) mass is 388 g/mol. The standard InChI is InChI=1S/C24H24N2O3/c1-24(2,3)21-14-20(26-12-11-25-15-22(26)28)13-18(23(21)29-4)10-9-17-7-5-6-8-19(17)16-27/h5-16H,1-4H3/b10-9+. The number of carbonyl (C=O) groups excluding carboxylic acids is 1. The molecule has 0 fully saturated rings. The molecule has 0 amide bonds. The fourth-order valence-electron chi connectivity index (χ4n) is 3.19. The molecule has 0 aliphatic rings. The minimum atomic E-state index is -0.209. The van der Waals surface area contributed by atoms with E-state index < -0.39 is 0 Å². The lowest BCUT2D eigenvalue weighted by Crippen LogP contribution is -2.19. The van der Waals surface area contributed by atoms with Crippen molar-refractivity contribution in [3.63, 3.8) is 0 Å². The Morgan fingerprint density at radius 2 is 1.72 bits per heavy atom. The number of benzene rings is 2. The van der Waals surface area contributed by atoms with Crippen LogP contribution in [0.15, 0.2) is 59.8 Å². The van der Waals surface area contributed by atoms with Gasteiger partial charge in [-0.05, 0) is 23.1 Å². The Balaban J connectivity index is 2.23. The summed E-state index contributed by atoms with van der Waals surface area (Å²) in [6.45, 7) is 6.29. The second kappa shape index (κ2) is 8.27. The van der Waals surface area contributed by atoms with Gasteiger partial charge in [-0.3, -0.25) is 19.1 Å². The van der Waals surface area contributed by atoms with Gasteiger partial charge in [-0.2, -0.15) is 0 Å². The smallest absolute Gasteiger partial charge is 0.273 e. The van der Waals surface area contributed by atoms with Crippen LogP contribution in [0.25, 0.3) is 17.8 Å². The Labute approximate surface area is 170 Å². The van der Waals surface area contributed by atoms with Crippen LogP contribution in [0.5, 0.6) is 5.75 Å². The number of methoxy groups -OCH3 is 1. The summed E-state index contributed by atoms with van der Waals surface area (Å²) in [6.07, 6.45) is 9.14. The first-order chi connectivity index (χ1) is 13.8. The van der Waals surface area contributed by atoms with Crippen molar-refractivity contribution in [3.8, 4) is 11.4 Å². The van der Waals surface area contributed by atoms with Gasteiger partial charge in [0.15, 0.2) is 6.29 Å². The first kappa shape index (κ1) is 20.3. The van der Waals surface area contributed by atoms with Crippen molar-refractivity contribution in [1.29, 1.82) is 0 Å². The third kappa shape index (κ3) is 4.35. The summed E-state index contributed by atoms with van der Waals surface area (Å²) in [6, 6.07) is 11.2. The summed E-state index contributed by atoms with van der Waals surface area (Å²) in [4.78, 5) is 27.5. The van der Waals surface area contributed by atoms with E-state index in [1.165, 1.54) is 6.20 Å². The zero-order valence-electron chi connectivity index (χ0n) is 17.0. The molecule has 0 spiro atoms. The Morgan fingerprint density at radius 1 is 1.03 bits per heavy atom. The molecule has 0 radical (unpaired) electrons. The van der Waals surface area contributed by atoms with E-state index in [2.05, 4.69) is 25.8 Å². The molecule has 1 aromatic heterocycles. The van der Waals surface area contributed by atoms with Crippen molar-refractivity contribution >= 4 is 18.4 Å². The van der Waals surface area contributed by atoms with Crippen molar-refractivity contribution in [2.75, 3.05) is 7.11 Å². The largest absolute Gasteiger partial charge is 0.496 e. The van der Waals surface area contributed by atoms with E-state index >= 15 is 0 Å². The minimum absolute atomic E-state index is 0.207. The van der Waals surface area contributed by atoms with Gasteiger partial charge in [0.05, 0.1) is 13.3 Å². The lowest BCUT2D eigenvalue weighted by molar-refractivity contribution is 0.112. The second-order valence-electron chi connectivity index (χ2n) is 7.73. The number of ether oxygens (including phenoxy) is 1. The molecule has 3 aromatic rings. The Hall–Kier alpha value is -3.47. The van der Waals surface area contributed by atoms with Crippen molar-refractivity contribution < 1.29 is 9.53 Å². The summed E-state index contributed by atoms with van der Waals surface area (Å²) in [7, 11) is 1.64. The number of rotatable bonds is 5. The van der Waals surface area contributed by atoms with Crippen LogP contribution in [0, 0.1) is 0 Å². The molecule has 0 saturated heterocycles. The van der Waals surface area contributed by atoms with Crippen LogP contribution in [-0.4, -0.2) is 22.9 Å². The van der Waals surface area contributed by atoms with Crippen LogP contribution in [0.4, 0.5) is 0 Å². The fraction of sp³-hybridized carbons (Fsp3) is 0.208. The molecular formula is C24H24N2O3. The lowest BCUT2D eigenvalue weighted by Gasteiger charge is -2.25. The Morgan fingerprint density at radius 3 is 2.34 bits per heavy atom. The molecule has 0 saturated carbocycles. The number of hydrogen-bond acceptors (Lipinski definition) is 4. The summed E-state index contributed by atoms with van der Waals surface area (Å²) >= 11 is 0. The summed E-state index contributed by atoms with van der Waals surface area (Å²) in [5.41, 5.74) is 3.53. The van der Waals surface area contributed by atoms with Crippen LogP contribution in [0.2, 0.25) is 0 Å². The molecule has 0 bridgehead atoms. The molecule has 5 heteroatoms. The van der Waals surface area contributed by atoms with Crippen LogP contribution in [-0.2, 0) is 5.41 Å². The van der Waals surface area contributed by atoms with Crippen LogP contribution < -0.4 is 10.3 Å². The molecular weight excluding hydrogens is 364 g/mol. The molecule has 0 aliphatic carbocycles. The molecule has 5 nitrogen and oxygen atoms in total. The van der Waals surface area contributed by atoms with Crippen LogP contribution in [0.3, 0.4) is 0 Å². The quantitative estimate of drug-likeness (QED) is 0.476. The van der Waals surface area contributed by atoms with Crippen molar-refractivity contribution in [2.45, 2.75) is 26.2 Å². The van der Waals surface area contributed by atoms with Gasteiger partial charge in [0.2, 0.25) is 0 Å². The predicted octanol–water partition coefficient (Wildman–Crippen LogP) is 4.52. The molecule has 2 aromatic carbocycles. The van der Waals surface area contributed by atoms with E-state index in [0.29, 0.717) is 5.56 Å². The summed E-state index contributed by atoms with van der Waals surface area (Å²) in [5.74, 6) is 0.739. The number of nitrogens with zero attached hydrogens (tertiary/aromatic N) is 2. The number of aromatic nitrogens is 2. The van der Waals surface area contributed by atoms with E-state index in [9.17, 15) is 9.59 Å². The highest BCUT2D eigenvalue weighted by molar-refractivity contribution is 5.85. The van der Waals surface area contributed by atoms with Crippen molar-refractivity contribution in [3.05, 3.63) is 87.6 Å². The van der Waals surface area contributed by atoms with Gasteiger partial charge in [-0.25, -0.2) is 0 Å². The Bertz CT molecular complexity index is 1120. The highest BCUT2D eigenvalue weighted by Gasteiger charge is 2.22. The highest BCUT2D eigenvalue weighted by atomic mass is 16.5. The zero-order valence-corrected chi connectivity index (χ0v) is 17.0. The average molecular weight is 388 g/mol. The van der Waals surface area contributed by atoms with Gasteiger partial charge in [-0.1, -0.05) is 57.2 Å². The molecule has 0 unspecified atom stereocenters. The maximum absolute atomic E-state index is 12.3. The molecule has 0 atom stereocenters. The van der Waals surface area contributed by atoms with E-state index in [4.69, 9.17) is 4.74 Å². The maximum Gasteiger partial charge on any atom is 0.273 e. The topological polar surface area (TPSA) is 61.2 Å². The van der Waals surface area contributed by atoms with Crippen LogP contribution in [0.1, 0.15) is 47.8 Å². The summed E-state index contributed by atoms with van der Waals surface area (Å²) < 4.78 is 7.30. The second-order valence-corrected chi connectivity index (χ2v) is 7.73. The third-order valence-electron chi connectivity index (χ3n) is 4.68. The predicted molar refractivity (Wildman–Crippen MR) is 116 cm³/mol. The normalized spacial score (nSPS) is 11.6. The zero-order chi connectivity index (χ0) is 21.0. The number of carbonyl (C=O) groups is 1. The van der Waals surface area contributed by atoms with E-state index in [-0.39, 0.29) is 11.0 Å². The third-order valence-corrected chi connectivity index (χ3v) is 4.68. The van der Waals surface area contributed by atoms with Gasteiger partial charge < -0.3 is 4.74 Å². The SMILES string of the molecule is COc1c(/C=C/c2ccccc2C=O)cc(-n2ccncc2=O)cc1C(C)(C)C.